The van der Waals surface area contributed by atoms with Crippen LogP contribution in [0, 0.1) is 5.92 Å². The summed E-state index contributed by atoms with van der Waals surface area (Å²) in [6.45, 7) is 1.95. The largest absolute Gasteiger partial charge is 0.370 e. The Hall–Kier alpha value is -2.47. The molecule has 2 aromatic rings. The van der Waals surface area contributed by atoms with Crippen molar-refractivity contribution < 1.29 is 9.53 Å². The lowest BCUT2D eigenvalue weighted by molar-refractivity contribution is -0.126. The zero-order valence-electron chi connectivity index (χ0n) is 13.3. The van der Waals surface area contributed by atoms with E-state index in [-0.39, 0.29) is 24.0 Å². The van der Waals surface area contributed by atoms with E-state index in [0.29, 0.717) is 19.0 Å². The predicted molar refractivity (Wildman–Crippen MR) is 89.3 cm³/mol. The van der Waals surface area contributed by atoms with E-state index in [0.717, 1.165) is 18.5 Å². The number of nitrogens with one attached hydrogen (secondary N) is 1. The van der Waals surface area contributed by atoms with Crippen molar-refractivity contribution in [1.29, 1.82) is 0 Å². The van der Waals surface area contributed by atoms with Crippen LogP contribution in [0.2, 0.25) is 0 Å². The van der Waals surface area contributed by atoms with E-state index in [2.05, 4.69) is 20.2 Å². The zero-order chi connectivity index (χ0) is 16.4. The van der Waals surface area contributed by atoms with Crippen molar-refractivity contribution in [1.82, 2.24) is 15.3 Å². The number of benzene rings is 1. The Balaban J connectivity index is 1.38. The van der Waals surface area contributed by atoms with Gasteiger partial charge in [-0.3, -0.25) is 4.79 Å². The number of nitrogens with zero attached hydrogens (tertiary/aromatic N) is 3. The van der Waals surface area contributed by atoms with E-state index in [1.807, 2.05) is 30.3 Å². The Bertz CT molecular complexity index is 695. The van der Waals surface area contributed by atoms with Crippen LogP contribution in [0.15, 0.2) is 48.8 Å². The zero-order valence-corrected chi connectivity index (χ0v) is 13.3. The Morgan fingerprint density at radius 2 is 1.96 bits per heavy atom. The first kappa shape index (κ1) is 15.1. The molecular weight excluding hydrogens is 304 g/mol. The molecule has 2 saturated heterocycles. The fourth-order valence-electron chi connectivity index (χ4n) is 3.47. The van der Waals surface area contributed by atoms with E-state index >= 15 is 0 Å². The van der Waals surface area contributed by atoms with Gasteiger partial charge in [-0.05, 0) is 18.1 Å². The molecule has 2 bridgehead atoms. The molecule has 6 heteroatoms. The molecule has 1 aromatic carbocycles. The van der Waals surface area contributed by atoms with E-state index in [1.165, 1.54) is 0 Å². The molecule has 2 aliphatic rings. The van der Waals surface area contributed by atoms with Crippen molar-refractivity contribution >= 4 is 11.9 Å². The Morgan fingerprint density at radius 3 is 2.75 bits per heavy atom. The number of anilines is 1. The molecule has 0 radical (unpaired) electrons. The second kappa shape index (κ2) is 6.57. The summed E-state index contributed by atoms with van der Waals surface area (Å²) in [5.41, 5.74) is 1.10. The first-order valence-electron chi connectivity index (χ1n) is 8.28. The lowest BCUT2D eigenvalue weighted by atomic mass is 9.99. The lowest BCUT2D eigenvalue weighted by Crippen LogP contribution is -2.46. The minimum absolute atomic E-state index is 0.0695. The fraction of sp³-hybridized carbons (Fsp3) is 0.389. The highest BCUT2D eigenvalue weighted by Gasteiger charge is 2.45. The van der Waals surface area contributed by atoms with Gasteiger partial charge in [-0.2, -0.15) is 0 Å². The molecule has 1 N–H and O–H groups in total. The molecule has 0 unspecified atom stereocenters. The maximum absolute atomic E-state index is 12.6. The predicted octanol–water partition coefficient (Wildman–Crippen LogP) is 1.39. The van der Waals surface area contributed by atoms with Crippen molar-refractivity contribution in [3.05, 3.63) is 54.4 Å². The standard InChI is InChI=1S/C18H20N4O2/c23-17(21-10-13-5-2-1-3-6-13)15-9-14-11-22(12-16(15)24-14)18-19-7-4-8-20-18/h1-8,14-16H,9-12H2,(H,21,23)/t14-,15+,16+/m0/s1. The molecule has 0 saturated carbocycles. The maximum atomic E-state index is 12.6. The lowest BCUT2D eigenvalue weighted by Gasteiger charge is -2.32. The van der Waals surface area contributed by atoms with Gasteiger partial charge in [-0.1, -0.05) is 30.3 Å². The third kappa shape index (κ3) is 3.10. The van der Waals surface area contributed by atoms with Crippen molar-refractivity contribution in [3.63, 3.8) is 0 Å². The second-order valence-corrected chi connectivity index (χ2v) is 6.30. The summed E-state index contributed by atoms with van der Waals surface area (Å²) in [7, 11) is 0. The van der Waals surface area contributed by atoms with Gasteiger partial charge in [0.1, 0.15) is 0 Å². The average molecular weight is 324 g/mol. The normalized spacial score (nSPS) is 25.5. The molecule has 4 rings (SSSR count). The van der Waals surface area contributed by atoms with E-state index in [1.54, 1.807) is 18.5 Å². The maximum Gasteiger partial charge on any atom is 0.226 e. The van der Waals surface area contributed by atoms with Crippen LogP contribution in [0.3, 0.4) is 0 Å². The molecule has 3 heterocycles. The van der Waals surface area contributed by atoms with Gasteiger partial charge in [0.15, 0.2) is 0 Å². The van der Waals surface area contributed by atoms with Crippen LogP contribution >= 0.6 is 0 Å². The topological polar surface area (TPSA) is 67.4 Å². The summed E-state index contributed by atoms with van der Waals surface area (Å²) in [5.74, 6) is 0.677. The van der Waals surface area contributed by atoms with Crippen molar-refractivity contribution in [2.75, 3.05) is 18.0 Å². The van der Waals surface area contributed by atoms with E-state index in [4.69, 9.17) is 4.74 Å². The summed E-state index contributed by atoms with van der Waals surface area (Å²) in [6, 6.07) is 11.8. The third-order valence-electron chi connectivity index (χ3n) is 4.64. The third-order valence-corrected chi connectivity index (χ3v) is 4.64. The number of amides is 1. The van der Waals surface area contributed by atoms with Crippen LogP contribution in [0.4, 0.5) is 5.95 Å². The van der Waals surface area contributed by atoms with Crippen LogP contribution < -0.4 is 10.2 Å². The first-order chi connectivity index (χ1) is 11.8. The minimum atomic E-state index is -0.104. The number of ether oxygens (including phenoxy) is 1. The molecule has 1 amide bonds. The molecule has 2 aliphatic heterocycles. The molecule has 0 spiro atoms. The summed E-state index contributed by atoms with van der Waals surface area (Å²) in [4.78, 5) is 23.3. The smallest absolute Gasteiger partial charge is 0.226 e. The minimum Gasteiger partial charge on any atom is -0.370 e. The van der Waals surface area contributed by atoms with Crippen molar-refractivity contribution in [3.8, 4) is 0 Å². The summed E-state index contributed by atoms with van der Waals surface area (Å²) in [5, 5.41) is 3.04. The van der Waals surface area contributed by atoms with Gasteiger partial charge in [0.05, 0.1) is 18.1 Å². The number of carbonyl (C=O) groups excluding carboxylic acids is 1. The Labute approximate surface area is 140 Å². The monoisotopic (exact) mass is 324 g/mol. The van der Waals surface area contributed by atoms with Gasteiger partial charge >= 0.3 is 0 Å². The summed E-state index contributed by atoms with van der Waals surface area (Å²) >= 11 is 0. The molecule has 3 atom stereocenters. The molecule has 124 valence electrons. The van der Waals surface area contributed by atoms with Crippen LogP contribution in [-0.2, 0) is 16.1 Å². The molecule has 6 nitrogen and oxygen atoms in total. The van der Waals surface area contributed by atoms with Gasteiger partial charge in [0.25, 0.3) is 0 Å². The SMILES string of the molecule is O=C(NCc1ccccc1)[C@@H]1C[C@H]2CN(c3ncccn3)C[C@H]1O2. The Morgan fingerprint density at radius 1 is 1.17 bits per heavy atom. The highest BCUT2D eigenvalue weighted by molar-refractivity contribution is 5.79. The summed E-state index contributed by atoms with van der Waals surface area (Å²) < 4.78 is 5.98. The molecule has 0 aliphatic carbocycles. The molecule has 24 heavy (non-hydrogen) atoms. The van der Waals surface area contributed by atoms with Gasteiger partial charge in [-0.15, -0.1) is 0 Å². The van der Waals surface area contributed by atoms with Gasteiger partial charge < -0.3 is 15.0 Å². The number of hydrogen-bond donors (Lipinski definition) is 1. The first-order valence-corrected chi connectivity index (χ1v) is 8.28. The van der Waals surface area contributed by atoms with Gasteiger partial charge in [0.2, 0.25) is 11.9 Å². The van der Waals surface area contributed by atoms with Crippen LogP contribution in [0.5, 0.6) is 0 Å². The average Bonchev–Trinajstić information content (AvgIpc) is 2.95. The van der Waals surface area contributed by atoms with Gasteiger partial charge in [0, 0.05) is 32.0 Å². The van der Waals surface area contributed by atoms with Crippen LogP contribution in [0.25, 0.3) is 0 Å². The van der Waals surface area contributed by atoms with Crippen molar-refractivity contribution in [2.24, 2.45) is 5.92 Å². The van der Waals surface area contributed by atoms with E-state index in [9.17, 15) is 4.79 Å². The highest BCUT2D eigenvalue weighted by atomic mass is 16.5. The van der Waals surface area contributed by atoms with Crippen LogP contribution in [-0.4, -0.2) is 41.2 Å². The van der Waals surface area contributed by atoms with E-state index < -0.39 is 0 Å². The quantitative estimate of drug-likeness (QED) is 0.920. The van der Waals surface area contributed by atoms with Crippen molar-refractivity contribution in [2.45, 2.75) is 25.2 Å². The van der Waals surface area contributed by atoms with Crippen LogP contribution in [0.1, 0.15) is 12.0 Å². The van der Waals surface area contributed by atoms with Gasteiger partial charge in [-0.25, -0.2) is 9.97 Å². The highest BCUT2D eigenvalue weighted by Crippen LogP contribution is 2.33. The molecule has 1 aromatic heterocycles. The number of morpholine rings is 1. The summed E-state index contributed by atoms with van der Waals surface area (Å²) in [6.07, 6.45) is 4.21. The Kier molecular flexibility index (Phi) is 4.13. The fourth-order valence-corrected chi connectivity index (χ4v) is 3.47. The molecule has 2 fully saturated rings. The second-order valence-electron chi connectivity index (χ2n) is 6.30. The number of rotatable bonds is 4. The number of fused-ring (bicyclic) bond motifs is 2. The molecular formula is C18H20N4O2. The number of aromatic nitrogens is 2. The number of hydrogen-bond acceptors (Lipinski definition) is 5. The number of carbonyl (C=O) groups is 1.